The molecule has 1 N–H and O–H groups in total. The van der Waals surface area contributed by atoms with Gasteiger partial charge < -0.3 is 5.32 Å². The molecule has 0 amide bonds. The normalized spacial score (nSPS) is 12.0. The minimum absolute atomic E-state index is 0.242. The van der Waals surface area contributed by atoms with Crippen LogP contribution in [-0.4, -0.2) is 15.8 Å². The monoisotopic (exact) mass is 254 g/mol. The standard InChI is InChI=1S/C15H18N4/c1-2-13(8-10-16)17-12-14-9-11-19(18-14)15-6-4-3-5-7-15/h3-7,9,11,13,17H,2,8,12H2,1H3. The molecule has 0 saturated heterocycles. The van der Waals surface area contributed by atoms with Crippen molar-refractivity contribution in [1.29, 1.82) is 5.26 Å². The second-order valence-electron chi connectivity index (χ2n) is 4.44. The number of nitriles is 1. The van der Waals surface area contributed by atoms with Crippen LogP contribution in [0.2, 0.25) is 0 Å². The Labute approximate surface area is 113 Å². The van der Waals surface area contributed by atoms with Gasteiger partial charge in [-0.15, -0.1) is 0 Å². The first-order valence-corrected chi connectivity index (χ1v) is 6.53. The van der Waals surface area contributed by atoms with Gasteiger partial charge in [0.2, 0.25) is 0 Å². The minimum Gasteiger partial charge on any atom is -0.307 e. The molecule has 1 aromatic heterocycles. The van der Waals surface area contributed by atoms with E-state index in [1.165, 1.54) is 0 Å². The van der Waals surface area contributed by atoms with Crippen molar-refractivity contribution in [3.63, 3.8) is 0 Å². The van der Waals surface area contributed by atoms with E-state index in [1.54, 1.807) is 0 Å². The van der Waals surface area contributed by atoms with Crippen LogP contribution in [0.4, 0.5) is 0 Å². The summed E-state index contributed by atoms with van der Waals surface area (Å²) in [5, 5.41) is 16.6. The van der Waals surface area contributed by atoms with Crippen molar-refractivity contribution < 1.29 is 0 Å². The van der Waals surface area contributed by atoms with Gasteiger partial charge in [-0.05, 0) is 24.6 Å². The number of aromatic nitrogens is 2. The zero-order valence-corrected chi connectivity index (χ0v) is 11.1. The van der Waals surface area contributed by atoms with Crippen LogP contribution >= 0.6 is 0 Å². The molecule has 1 atom stereocenters. The number of nitrogens with one attached hydrogen (secondary N) is 1. The molecule has 1 aromatic carbocycles. The van der Waals surface area contributed by atoms with Crippen molar-refractivity contribution in [2.45, 2.75) is 32.4 Å². The molecule has 1 heterocycles. The van der Waals surface area contributed by atoms with E-state index in [2.05, 4.69) is 23.4 Å². The first-order valence-electron chi connectivity index (χ1n) is 6.53. The molecule has 0 bridgehead atoms. The van der Waals surface area contributed by atoms with Gasteiger partial charge in [-0.25, -0.2) is 4.68 Å². The van der Waals surface area contributed by atoms with E-state index in [9.17, 15) is 0 Å². The number of nitrogens with zero attached hydrogens (tertiary/aromatic N) is 3. The van der Waals surface area contributed by atoms with E-state index < -0.39 is 0 Å². The number of hydrogen-bond acceptors (Lipinski definition) is 3. The fraction of sp³-hybridized carbons (Fsp3) is 0.333. The third kappa shape index (κ3) is 3.67. The van der Waals surface area contributed by atoms with Crippen LogP contribution in [0.25, 0.3) is 5.69 Å². The second-order valence-corrected chi connectivity index (χ2v) is 4.44. The van der Waals surface area contributed by atoms with E-state index in [0.29, 0.717) is 13.0 Å². The summed E-state index contributed by atoms with van der Waals surface area (Å²) in [5.41, 5.74) is 2.04. The van der Waals surface area contributed by atoms with E-state index in [4.69, 9.17) is 5.26 Å². The summed E-state index contributed by atoms with van der Waals surface area (Å²) < 4.78 is 1.86. The maximum Gasteiger partial charge on any atom is 0.0766 e. The summed E-state index contributed by atoms with van der Waals surface area (Å²) >= 11 is 0. The Kier molecular flexibility index (Phi) is 4.71. The van der Waals surface area contributed by atoms with Gasteiger partial charge in [-0.1, -0.05) is 25.1 Å². The summed E-state index contributed by atoms with van der Waals surface area (Å²) in [7, 11) is 0. The number of hydrogen-bond donors (Lipinski definition) is 1. The fourth-order valence-corrected chi connectivity index (χ4v) is 1.90. The zero-order chi connectivity index (χ0) is 13.5. The predicted octanol–water partition coefficient (Wildman–Crippen LogP) is 2.65. The summed E-state index contributed by atoms with van der Waals surface area (Å²) in [6.45, 7) is 2.78. The molecule has 0 saturated carbocycles. The van der Waals surface area contributed by atoms with Gasteiger partial charge >= 0.3 is 0 Å². The van der Waals surface area contributed by atoms with Crippen molar-refractivity contribution in [3.05, 3.63) is 48.3 Å². The molecular formula is C15H18N4. The van der Waals surface area contributed by atoms with E-state index in [1.807, 2.05) is 47.3 Å². The number of para-hydroxylation sites is 1. The van der Waals surface area contributed by atoms with Gasteiger partial charge in [0.15, 0.2) is 0 Å². The van der Waals surface area contributed by atoms with Crippen molar-refractivity contribution in [2.75, 3.05) is 0 Å². The largest absolute Gasteiger partial charge is 0.307 e. The molecule has 0 aliphatic rings. The van der Waals surface area contributed by atoms with Gasteiger partial charge in [-0.2, -0.15) is 10.4 Å². The van der Waals surface area contributed by atoms with Crippen LogP contribution in [-0.2, 0) is 6.54 Å². The molecule has 0 radical (unpaired) electrons. The van der Waals surface area contributed by atoms with E-state index >= 15 is 0 Å². The first-order chi connectivity index (χ1) is 9.33. The summed E-state index contributed by atoms with van der Waals surface area (Å²) in [5.74, 6) is 0. The van der Waals surface area contributed by atoms with Crippen LogP contribution < -0.4 is 5.32 Å². The average molecular weight is 254 g/mol. The van der Waals surface area contributed by atoms with Crippen LogP contribution in [0.5, 0.6) is 0 Å². The average Bonchev–Trinajstić information content (AvgIpc) is 2.93. The van der Waals surface area contributed by atoms with E-state index in [0.717, 1.165) is 17.8 Å². The Balaban J connectivity index is 1.97. The minimum atomic E-state index is 0.242. The molecule has 0 spiro atoms. The molecule has 0 aliphatic heterocycles. The van der Waals surface area contributed by atoms with E-state index in [-0.39, 0.29) is 6.04 Å². The highest BCUT2D eigenvalue weighted by molar-refractivity contribution is 5.30. The van der Waals surface area contributed by atoms with Gasteiger partial charge in [0.05, 0.1) is 23.9 Å². The SMILES string of the molecule is CCC(CC#N)NCc1ccn(-c2ccccc2)n1. The molecule has 1 unspecified atom stereocenters. The lowest BCUT2D eigenvalue weighted by molar-refractivity contribution is 0.499. The van der Waals surface area contributed by atoms with Crippen molar-refractivity contribution >= 4 is 0 Å². The molecule has 19 heavy (non-hydrogen) atoms. The Hall–Kier alpha value is -2.12. The van der Waals surface area contributed by atoms with Gasteiger partial charge in [-0.3, -0.25) is 0 Å². The summed E-state index contributed by atoms with van der Waals surface area (Å²) in [4.78, 5) is 0. The maximum absolute atomic E-state index is 8.71. The molecule has 98 valence electrons. The number of rotatable bonds is 6. The van der Waals surface area contributed by atoms with Gasteiger partial charge in [0, 0.05) is 18.8 Å². The highest BCUT2D eigenvalue weighted by Gasteiger charge is 2.06. The summed E-state index contributed by atoms with van der Waals surface area (Å²) in [6.07, 6.45) is 3.44. The lowest BCUT2D eigenvalue weighted by Crippen LogP contribution is -2.27. The lowest BCUT2D eigenvalue weighted by atomic mass is 10.1. The van der Waals surface area contributed by atoms with Crippen LogP contribution in [0, 0.1) is 11.3 Å². The highest BCUT2D eigenvalue weighted by atomic mass is 15.3. The Bertz CT molecular complexity index is 539. The Morgan fingerprint density at radius 1 is 1.32 bits per heavy atom. The van der Waals surface area contributed by atoms with Gasteiger partial charge in [0.25, 0.3) is 0 Å². The maximum atomic E-state index is 8.71. The topological polar surface area (TPSA) is 53.6 Å². The fourth-order valence-electron chi connectivity index (χ4n) is 1.90. The molecule has 2 aromatic rings. The smallest absolute Gasteiger partial charge is 0.0766 e. The second kappa shape index (κ2) is 6.72. The Morgan fingerprint density at radius 3 is 2.79 bits per heavy atom. The Morgan fingerprint density at radius 2 is 2.11 bits per heavy atom. The lowest BCUT2D eigenvalue weighted by Gasteiger charge is -2.11. The molecule has 2 rings (SSSR count). The number of benzene rings is 1. The first kappa shape index (κ1) is 13.3. The van der Waals surface area contributed by atoms with Crippen LogP contribution in [0.15, 0.2) is 42.6 Å². The van der Waals surface area contributed by atoms with Crippen molar-refractivity contribution in [1.82, 2.24) is 15.1 Å². The highest BCUT2D eigenvalue weighted by Crippen LogP contribution is 2.07. The molecule has 4 nitrogen and oxygen atoms in total. The van der Waals surface area contributed by atoms with Gasteiger partial charge in [0.1, 0.15) is 0 Å². The van der Waals surface area contributed by atoms with Crippen molar-refractivity contribution in [2.24, 2.45) is 0 Å². The van der Waals surface area contributed by atoms with Crippen LogP contribution in [0.3, 0.4) is 0 Å². The predicted molar refractivity (Wildman–Crippen MR) is 74.7 cm³/mol. The summed E-state index contributed by atoms with van der Waals surface area (Å²) in [6, 6.07) is 14.5. The quantitative estimate of drug-likeness (QED) is 0.862. The molecule has 0 aliphatic carbocycles. The van der Waals surface area contributed by atoms with Crippen LogP contribution in [0.1, 0.15) is 25.5 Å². The molecular weight excluding hydrogens is 236 g/mol. The molecule has 0 fully saturated rings. The third-order valence-corrected chi connectivity index (χ3v) is 3.07. The zero-order valence-electron chi connectivity index (χ0n) is 11.1. The third-order valence-electron chi connectivity index (χ3n) is 3.07. The van der Waals surface area contributed by atoms with Crippen molar-refractivity contribution in [3.8, 4) is 11.8 Å². The molecule has 4 heteroatoms.